The third-order valence-corrected chi connectivity index (χ3v) is 1.38. The zero-order chi connectivity index (χ0) is 11.0. The van der Waals surface area contributed by atoms with Crippen LogP contribution in [0.1, 0.15) is 19.8 Å². The Morgan fingerprint density at radius 2 is 2.14 bits per heavy atom. The zero-order valence-corrected chi connectivity index (χ0v) is 8.41. The Morgan fingerprint density at radius 1 is 1.50 bits per heavy atom. The molecule has 5 nitrogen and oxygen atoms in total. The van der Waals surface area contributed by atoms with Gasteiger partial charge in [0.25, 0.3) is 0 Å². The first-order valence-electron chi connectivity index (χ1n) is 4.35. The second-order valence-corrected chi connectivity index (χ2v) is 2.51. The van der Waals surface area contributed by atoms with E-state index in [1.165, 1.54) is 7.05 Å². The summed E-state index contributed by atoms with van der Waals surface area (Å²) in [4.78, 5) is 21.6. The van der Waals surface area contributed by atoms with E-state index >= 15 is 0 Å². The van der Waals surface area contributed by atoms with Crippen LogP contribution in [0, 0.1) is 0 Å². The summed E-state index contributed by atoms with van der Waals surface area (Å²) in [6.45, 7) is 5.13. The van der Waals surface area contributed by atoms with E-state index in [2.05, 4.69) is 11.9 Å². The van der Waals surface area contributed by atoms with Gasteiger partial charge >= 0.3 is 12.1 Å². The van der Waals surface area contributed by atoms with Crippen LogP contribution in [0.2, 0.25) is 0 Å². The van der Waals surface area contributed by atoms with Gasteiger partial charge in [-0.1, -0.05) is 13.5 Å². The van der Waals surface area contributed by atoms with E-state index in [9.17, 15) is 9.59 Å². The molecule has 0 radical (unpaired) electrons. The zero-order valence-electron chi connectivity index (χ0n) is 8.41. The molecule has 0 aromatic rings. The number of ether oxygens (including phenoxy) is 2. The normalized spacial score (nSPS) is 11.3. The van der Waals surface area contributed by atoms with Crippen LogP contribution in [0.5, 0.6) is 0 Å². The number of carbonyl (C=O) groups is 2. The van der Waals surface area contributed by atoms with Gasteiger partial charge in [-0.05, 0) is 6.42 Å². The van der Waals surface area contributed by atoms with E-state index in [4.69, 9.17) is 9.47 Å². The summed E-state index contributed by atoms with van der Waals surface area (Å²) in [5.74, 6) is -0.604. The van der Waals surface area contributed by atoms with Gasteiger partial charge in [0.15, 0.2) is 0 Å². The van der Waals surface area contributed by atoms with E-state index in [1.807, 2.05) is 6.92 Å². The average Bonchev–Trinajstić information content (AvgIpc) is 2.17. The maximum atomic E-state index is 10.8. The standard InChI is InChI=1S/C9H15NO4/c1-4-6-8(13-7(11)5-2)14-9(12)10-3/h5,8H,2,4,6H2,1,3H3,(H,10,12). The Hall–Kier alpha value is -1.52. The summed E-state index contributed by atoms with van der Waals surface area (Å²) in [5, 5.41) is 2.27. The van der Waals surface area contributed by atoms with Gasteiger partial charge in [0.2, 0.25) is 6.29 Å². The largest absolute Gasteiger partial charge is 0.422 e. The number of rotatable bonds is 5. The second kappa shape index (κ2) is 6.94. The molecule has 1 N–H and O–H groups in total. The Bertz CT molecular complexity index is 215. The fourth-order valence-corrected chi connectivity index (χ4v) is 0.734. The lowest BCUT2D eigenvalue weighted by Crippen LogP contribution is -2.29. The first kappa shape index (κ1) is 12.5. The van der Waals surface area contributed by atoms with E-state index in [1.54, 1.807) is 0 Å². The Labute approximate surface area is 83.1 Å². The van der Waals surface area contributed by atoms with Crippen molar-refractivity contribution in [3.05, 3.63) is 12.7 Å². The minimum Gasteiger partial charge on any atom is -0.422 e. The molecule has 0 heterocycles. The van der Waals surface area contributed by atoms with Gasteiger partial charge in [-0.25, -0.2) is 9.59 Å². The first-order valence-corrected chi connectivity index (χ1v) is 4.35. The van der Waals surface area contributed by atoms with Crippen molar-refractivity contribution in [3.63, 3.8) is 0 Å². The minimum atomic E-state index is -0.842. The number of carbonyl (C=O) groups excluding carboxylic acids is 2. The minimum absolute atomic E-state index is 0.465. The highest BCUT2D eigenvalue weighted by Crippen LogP contribution is 2.05. The average molecular weight is 201 g/mol. The van der Waals surface area contributed by atoms with Crippen LogP contribution in [-0.2, 0) is 14.3 Å². The van der Waals surface area contributed by atoms with Gasteiger partial charge in [0.1, 0.15) is 0 Å². The molecule has 0 saturated carbocycles. The molecule has 1 atom stereocenters. The molecule has 0 fully saturated rings. The summed E-state index contributed by atoms with van der Waals surface area (Å²) in [7, 11) is 1.43. The van der Waals surface area contributed by atoms with E-state index in [0.29, 0.717) is 6.42 Å². The molecule has 0 rings (SSSR count). The SMILES string of the molecule is C=CC(=O)OC(CCC)OC(=O)NC. The summed E-state index contributed by atoms with van der Waals surface area (Å²) < 4.78 is 9.54. The van der Waals surface area contributed by atoms with Crippen LogP contribution >= 0.6 is 0 Å². The lowest BCUT2D eigenvalue weighted by atomic mass is 10.3. The van der Waals surface area contributed by atoms with Crippen LogP contribution in [0.25, 0.3) is 0 Å². The van der Waals surface area contributed by atoms with Crippen LogP contribution in [0.15, 0.2) is 12.7 Å². The number of nitrogens with one attached hydrogen (secondary N) is 1. The molecule has 0 aromatic heterocycles. The molecule has 0 aliphatic heterocycles. The summed E-state index contributed by atoms with van der Waals surface area (Å²) in [6, 6.07) is 0. The van der Waals surface area contributed by atoms with Gasteiger partial charge in [-0.3, -0.25) is 0 Å². The Morgan fingerprint density at radius 3 is 2.57 bits per heavy atom. The van der Waals surface area contributed by atoms with Crippen LogP contribution in [0.4, 0.5) is 4.79 Å². The highest BCUT2D eigenvalue weighted by molar-refractivity contribution is 5.81. The van der Waals surface area contributed by atoms with Crippen molar-refractivity contribution < 1.29 is 19.1 Å². The van der Waals surface area contributed by atoms with Crippen molar-refractivity contribution in [1.82, 2.24) is 5.32 Å². The molecule has 5 heteroatoms. The fraction of sp³-hybridized carbons (Fsp3) is 0.556. The molecule has 1 unspecified atom stereocenters. The molecule has 1 amide bonds. The van der Waals surface area contributed by atoms with E-state index in [0.717, 1.165) is 12.5 Å². The van der Waals surface area contributed by atoms with Crippen molar-refractivity contribution in [2.24, 2.45) is 0 Å². The number of esters is 1. The lowest BCUT2D eigenvalue weighted by molar-refractivity contribution is -0.162. The quantitative estimate of drug-likeness (QED) is 0.412. The van der Waals surface area contributed by atoms with Crippen molar-refractivity contribution in [2.45, 2.75) is 26.1 Å². The summed E-state index contributed by atoms with van der Waals surface area (Å²) in [5.41, 5.74) is 0. The number of alkyl carbamates (subject to hydrolysis) is 1. The van der Waals surface area contributed by atoms with Crippen LogP contribution in [-0.4, -0.2) is 25.4 Å². The highest BCUT2D eigenvalue weighted by atomic mass is 16.7. The third kappa shape index (κ3) is 5.18. The smallest absolute Gasteiger partial charge is 0.409 e. The van der Waals surface area contributed by atoms with Crippen molar-refractivity contribution in [2.75, 3.05) is 7.05 Å². The van der Waals surface area contributed by atoms with Crippen molar-refractivity contribution >= 4 is 12.1 Å². The topological polar surface area (TPSA) is 64.6 Å². The highest BCUT2D eigenvalue weighted by Gasteiger charge is 2.15. The lowest BCUT2D eigenvalue weighted by Gasteiger charge is -2.16. The van der Waals surface area contributed by atoms with Gasteiger partial charge in [-0.15, -0.1) is 0 Å². The van der Waals surface area contributed by atoms with Gasteiger partial charge in [-0.2, -0.15) is 0 Å². The maximum Gasteiger partial charge on any atom is 0.409 e. The number of hydrogen-bond donors (Lipinski definition) is 1. The van der Waals surface area contributed by atoms with Crippen molar-refractivity contribution in [1.29, 1.82) is 0 Å². The van der Waals surface area contributed by atoms with E-state index < -0.39 is 18.4 Å². The molecule has 0 saturated heterocycles. The second-order valence-electron chi connectivity index (χ2n) is 2.51. The Balaban J connectivity index is 4.07. The van der Waals surface area contributed by atoms with Crippen molar-refractivity contribution in [3.8, 4) is 0 Å². The molecular formula is C9H15NO4. The van der Waals surface area contributed by atoms with Crippen LogP contribution in [0.3, 0.4) is 0 Å². The summed E-state index contributed by atoms with van der Waals surface area (Å²) in [6.07, 6.45) is 0.764. The molecule has 80 valence electrons. The monoisotopic (exact) mass is 201 g/mol. The van der Waals surface area contributed by atoms with Gasteiger partial charge < -0.3 is 14.8 Å². The van der Waals surface area contributed by atoms with Gasteiger partial charge in [0, 0.05) is 19.5 Å². The predicted molar refractivity (Wildman–Crippen MR) is 50.5 cm³/mol. The molecule has 0 spiro atoms. The fourth-order valence-electron chi connectivity index (χ4n) is 0.734. The number of amides is 1. The molecule has 14 heavy (non-hydrogen) atoms. The first-order chi connectivity index (χ1) is 6.63. The molecular weight excluding hydrogens is 186 g/mol. The van der Waals surface area contributed by atoms with Crippen LogP contribution < -0.4 is 5.32 Å². The molecule has 0 aliphatic rings. The molecule has 0 aromatic carbocycles. The molecule has 0 bridgehead atoms. The maximum absolute atomic E-state index is 10.8. The third-order valence-electron chi connectivity index (χ3n) is 1.38. The van der Waals surface area contributed by atoms with Gasteiger partial charge in [0.05, 0.1) is 0 Å². The molecule has 0 aliphatic carbocycles. The predicted octanol–water partition coefficient (Wildman–Crippen LogP) is 1.20. The Kier molecular flexibility index (Phi) is 6.19. The number of hydrogen-bond acceptors (Lipinski definition) is 4. The van der Waals surface area contributed by atoms with E-state index in [-0.39, 0.29) is 0 Å². The summed E-state index contributed by atoms with van der Waals surface area (Å²) >= 11 is 0.